The minimum Gasteiger partial charge on any atom is -0.478 e. The predicted molar refractivity (Wildman–Crippen MR) is 80.4 cm³/mol. The van der Waals surface area contributed by atoms with Crippen molar-refractivity contribution >= 4 is 23.2 Å². The fraction of sp³-hybridized carbons (Fsp3) is 0.267. The van der Waals surface area contributed by atoms with Gasteiger partial charge in [-0.05, 0) is 18.1 Å². The Morgan fingerprint density at radius 2 is 2.10 bits per heavy atom. The average Bonchev–Trinajstić information content (AvgIpc) is 2.93. The highest BCUT2D eigenvalue weighted by Gasteiger charge is 2.12. The van der Waals surface area contributed by atoms with E-state index in [1.165, 1.54) is 6.07 Å². The number of benzene rings is 1. The summed E-state index contributed by atoms with van der Waals surface area (Å²) in [5, 5.41) is 14.8. The number of hydrogen-bond donors (Lipinski definition) is 2. The molecule has 0 unspecified atom stereocenters. The lowest BCUT2D eigenvalue weighted by Gasteiger charge is -2.06. The summed E-state index contributed by atoms with van der Waals surface area (Å²) in [6, 6.07) is 6.52. The van der Waals surface area contributed by atoms with Crippen LogP contribution < -0.4 is 5.32 Å². The lowest BCUT2D eigenvalue weighted by molar-refractivity contribution is -0.120. The monoisotopic (exact) mass is 304 g/mol. The largest absolute Gasteiger partial charge is 0.478 e. The van der Waals surface area contributed by atoms with Crippen molar-refractivity contribution in [3.63, 3.8) is 0 Å². The van der Waals surface area contributed by atoms with E-state index < -0.39 is 5.97 Å². The number of carboxylic acid groups (broad SMARTS) is 1. The van der Waals surface area contributed by atoms with Crippen molar-refractivity contribution in [3.8, 4) is 0 Å². The molecule has 1 aromatic heterocycles. The molecule has 0 saturated heterocycles. The van der Waals surface area contributed by atoms with E-state index in [-0.39, 0.29) is 17.9 Å². The highest BCUT2D eigenvalue weighted by atomic mass is 32.1. The second kappa shape index (κ2) is 6.99. The number of carbonyl (C=O) groups is 2. The molecule has 1 aromatic carbocycles. The standard InChI is InChI=1S/C15H16N2O3S/c1-2-14-17-11(9-21-14)8-16-13(18)7-10-5-3-4-6-12(10)15(19)20/h3-6,9H,2,7-8H2,1H3,(H,16,18)(H,19,20). The minimum absolute atomic E-state index is 0.0489. The smallest absolute Gasteiger partial charge is 0.335 e. The van der Waals surface area contributed by atoms with Gasteiger partial charge in [-0.15, -0.1) is 11.3 Å². The minimum atomic E-state index is -1.02. The van der Waals surface area contributed by atoms with Crippen LogP contribution in [-0.2, 0) is 24.2 Å². The molecule has 1 heterocycles. The summed E-state index contributed by atoms with van der Waals surface area (Å²) in [5.74, 6) is -1.24. The molecule has 6 heteroatoms. The van der Waals surface area contributed by atoms with Crippen LogP contribution in [-0.4, -0.2) is 22.0 Å². The molecule has 2 rings (SSSR count). The maximum absolute atomic E-state index is 11.9. The molecule has 110 valence electrons. The number of thiazole rings is 1. The maximum atomic E-state index is 11.9. The summed E-state index contributed by atoms with van der Waals surface area (Å²) in [7, 11) is 0. The number of hydrogen-bond acceptors (Lipinski definition) is 4. The first-order valence-corrected chi connectivity index (χ1v) is 7.49. The van der Waals surface area contributed by atoms with E-state index in [9.17, 15) is 9.59 Å². The number of rotatable bonds is 6. The molecule has 21 heavy (non-hydrogen) atoms. The summed E-state index contributed by atoms with van der Waals surface area (Å²) in [5.41, 5.74) is 1.50. The number of nitrogens with one attached hydrogen (secondary N) is 1. The fourth-order valence-electron chi connectivity index (χ4n) is 1.90. The van der Waals surface area contributed by atoms with Crippen molar-refractivity contribution in [2.24, 2.45) is 0 Å². The van der Waals surface area contributed by atoms with Crippen molar-refractivity contribution < 1.29 is 14.7 Å². The van der Waals surface area contributed by atoms with Crippen LogP contribution >= 0.6 is 11.3 Å². The van der Waals surface area contributed by atoms with Gasteiger partial charge in [0.05, 0.1) is 29.2 Å². The highest BCUT2D eigenvalue weighted by molar-refractivity contribution is 7.09. The van der Waals surface area contributed by atoms with Gasteiger partial charge in [0.15, 0.2) is 0 Å². The lowest BCUT2D eigenvalue weighted by Crippen LogP contribution is -2.25. The summed E-state index contributed by atoms with van der Waals surface area (Å²) in [6.45, 7) is 2.40. The van der Waals surface area contributed by atoms with Crippen LogP contribution in [0, 0.1) is 0 Å². The molecular formula is C15H16N2O3S. The Hall–Kier alpha value is -2.21. The van der Waals surface area contributed by atoms with E-state index in [4.69, 9.17) is 5.11 Å². The molecule has 0 aliphatic heterocycles. The van der Waals surface area contributed by atoms with Gasteiger partial charge >= 0.3 is 5.97 Å². The molecular weight excluding hydrogens is 288 g/mol. The molecule has 0 atom stereocenters. The number of carboxylic acids is 1. The van der Waals surface area contributed by atoms with Gasteiger partial charge in [-0.3, -0.25) is 4.79 Å². The zero-order valence-electron chi connectivity index (χ0n) is 11.6. The normalized spacial score (nSPS) is 10.3. The van der Waals surface area contributed by atoms with Gasteiger partial charge in [0.1, 0.15) is 0 Å². The number of amides is 1. The Morgan fingerprint density at radius 1 is 1.33 bits per heavy atom. The summed E-state index contributed by atoms with van der Waals surface area (Å²) in [4.78, 5) is 27.3. The Bertz CT molecular complexity index is 652. The van der Waals surface area contributed by atoms with Gasteiger partial charge < -0.3 is 10.4 Å². The summed E-state index contributed by atoms with van der Waals surface area (Å²) in [6.07, 6.45) is 0.928. The van der Waals surface area contributed by atoms with Crippen LogP contribution in [0.3, 0.4) is 0 Å². The molecule has 1 amide bonds. The summed E-state index contributed by atoms with van der Waals surface area (Å²) < 4.78 is 0. The zero-order chi connectivity index (χ0) is 15.2. The van der Waals surface area contributed by atoms with Crippen molar-refractivity contribution in [1.82, 2.24) is 10.3 Å². The third kappa shape index (κ3) is 4.13. The van der Waals surface area contributed by atoms with E-state index in [1.807, 2.05) is 12.3 Å². The molecule has 0 radical (unpaired) electrons. The second-order valence-electron chi connectivity index (χ2n) is 4.50. The van der Waals surface area contributed by atoms with E-state index >= 15 is 0 Å². The van der Waals surface area contributed by atoms with E-state index in [1.54, 1.807) is 29.5 Å². The lowest BCUT2D eigenvalue weighted by atomic mass is 10.0. The molecule has 0 bridgehead atoms. The van der Waals surface area contributed by atoms with Crippen LogP contribution in [0.25, 0.3) is 0 Å². The predicted octanol–water partition coefficient (Wildman–Crippen LogP) is 2.26. The molecule has 2 aromatic rings. The first-order chi connectivity index (χ1) is 10.1. The summed E-state index contributed by atoms with van der Waals surface area (Å²) >= 11 is 1.57. The van der Waals surface area contributed by atoms with Gasteiger partial charge in [0, 0.05) is 5.38 Å². The van der Waals surface area contributed by atoms with Crippen LogP contribution in [0.2, 0.25) is 0 Å². The van der Waals surface area contributed by atoms with Crippen molar-refractivity contribution in [1.29, 1.82) is 0 Å². The quantitative estimate of drug-likeness (QED) is 0.858. The second-order valence-corrected chi connectivity index (χ2v) is 5.44. The SMILES string of the molecule is CCc1nc(CNC(=O)Cc2ccccc2C(=O)O)cs1. The molecule has 0 aliphatic carbocycles. The van der Waals surface area contributed by atoms with Crippen LogP contribution in [0.4, 0.5) is 0 Å². The van der Waals surface area contributed by atoms with E-state index in [0.29, 0.717) is 12.1 Å². The van der Waals surface area contributed by atoms with Gasteiger partial charge in [0.2, 0.25) is 5.91 Å². The van der Waals surface area contributed by atoms with E-state index in [2.05, 4.69) is 10.3 Å². The number of aromatic carboxylic acids is 1. The molecule has 0 saturated carbocycles. The third-order valence-corrected chi connectivity index (χ3v) is 4.01. The van der Waals surface area contributed by atoms with Gasteiger partial charge in [-0.2, -0.15) is 0 Å². The Kier molecular flexibility index (Phi) is 5.05. The number of aromatic nitrogens is 1. The number of nitrogens with zero attached hydrogens (tertiary/aromatic N) is 1. The Morgan fingerprint density at radius 3 is 2.76 bits per heavy atom. The zero-order valence-corrected chi connectivity index (χ0v) is 12.4. The Labute approximate surface area is 126 Å². The van der Waals surface area contributed by atoms with Gasteiger partial charge in [0.25, 0.3) is 0 Å². The van der Waals surface area contributed by atoms with E-state index in [0.717, 1.165) is 17.1 Å². The third-order valence-electron chi connectivity index (χ3n) is 2.97. The first-order valence-electron chi connectivity index (χ1n) is 6.61. The molecule has 0 fully saturated rings. The fourth-order valence-corrected chi connectivity index (χ4v) is 2.64. The first kappa shape index (κ1) is 15.2. The topological polar surface area (TPSA) is 79.3 Å². The number of carbonyl (C=O) groups excluding carboxylic acids is 1. The average molecular weight is 304 g/mol. The molecule has 0 spiro atoms. The van der Waals surface area contributed by atoms with Gasteiger partial charge in [-0.25, -0.2) is 9.78 Å². The van der Waals surface area contributed by atoms with Crippen LogP contribution in [0.5, 0.6) is 0 Å². The molecule has 2 N–H and O–H groups in total. The molecule has 5 nitrogen and oxygen atoms in total. The van der Waals surface area contributed by atoms with Crippen molar-refractivity contribution in [3.05, 3.63) is 51.5 Å². The van der Waals surface area contributed by atoms with Crippen LogP contribution in [0.1, 0.15) is 33.5 Å². The molecule has 0 aliphatic rings. The highest BCUT2D eigenvalue weighted by Crippen LogP contribution is 2.11. The maximum Gasteiger partial charge on any atom is 0.335 e. The van der Waals surface area contributed by atoms with Gasteiger partial charge in [-0.1, -0.05) is 25.1 Å². The Balaban J connectivity index is 1.94. The van der Waals surface area contributed by atoms with Crippen molar-refractivity contribution in [2.75, 3.05) is 0 Å². The van der Waals surface area contributed by atoms with Crippen LogP contribution in [0.15, 0.2) is 29.6 Å². The number of aryl methyl sites for hydroxylation is 1. The van der Waals surface area contributed by atoms with Crippen molar-refractivity contribution in [2.45, 2.75) is 26.3 Å².